The van der Waals surface area contributed by atoms with Crippen molar-refractivity contribution in [1.82, 2.24) is 4.98 Å². The Bertz CT molecular complexity index is 1240. The first-order valence-electron chi connectivity index (χ1n) is 7.35. The Kier molecular flexibility index (Phi) is 2.21. The minimum atomic E-state index is -0.322. The topological polar surface area (TPSA) is 56.0 Å². The number of non-ortho nitro benzene ring substituents is 1. The van der Waals surface area contributed by atoms with E-state index in [2.05, 4.69) is 6.07 Å². The highest BCUT2D eigenvalue weighted by molar-refractivity contribution is 6.28. The van der Waals surface area contributed by atoms with Gasteiger partial charge in [0.1, 0.15) is 0 Å². The highest BCUT2D eigenvalue weighted by Crippen LogP contribution is 2.39. The van der Waals surface area contributed by atoms with Gasteiger partial charge in [-0.25, -0.2) is 4.98 Å². The van der Waals surface area contributed by atoms with E-state index < -0.39 is 0 Å². The van der Waals surface area contributed by atoms with Crippen LogP contribution in [0.25, 0.3) is 43.4 Å². The van der Waals surface area contributed by atoms with Gasteiger partial charge >= 0.3 is 0 Å². The molecule has 0 fully saturated rings. The highest BCUT2D eigenvalue weighted by atomic mass is 16.6. The summed E-state index contributed by atoms with van der Waals surface area (Å²) >= 11 is 0. The summed E-state index contributed by atoms with van der Waals surface area (Å²) in [6.45, 7) is 0. The molecule has 0 saturated heterocycles. The molecule has 0 spiro atoms. The highest BCUT2D eigenvalue weighted by Gasteiger charge is 2.18. The van der Waals surface area contributed by atoms with Crippen molar-refractivity contribution >= 4 is 49.0 Å². The van der Waals surface area contributed by atoms with Crippen LogP contribution in [0.2, 0.25) is 0 Å². The Morgan fingerprint density at radius 2 is 1.52 bits per heavy atom. The molecule has 4 heteroatoms. The van der Waals surface area contributed by atoms with Crippen molar-refractivity contribution in [3.8, 4) is 0 Å². The number of nitro benzene ring substituents is 1. The van der Waals surface area contributed by atoms with Crippen LogP contribution >= 0.6 is 0 Å². The van der Waals surface area contributed by atoms with Gasteiger partial charge in [-0.05, 0) is 35.0 Å². The Balaban J connectivity index is 2.14. The predicted octanol–water partition coefficient (Wildman–Crippen LogP) is 5.04. The lowest BCUT2D eigenvalue weighted by molar-refractivity contribution is -0.383. The summed E-state index contributed by atoms with van der Waals surface area (Å²) in [5.74, 6) is 0. The summed E-state index contributed by atoms with van der Waals surface area (Å²) in [6, 6.07) is 19.2. The van der Waals surface area contributed by atoms with Gasteiger partial charge in [0.05, 0.1) is 21.3 Å². The van der Waals surface area contributed by atoms with E-state index in [4.69, 9.17) is 4.98 Å². The Hall–Kier alpha value is -3.27. The summed E-state index contributed by atoms with van der Waals surface area (Å²) in [7, 11) is 0. The second-order valence-electron chi connectivity index (χ2n) is 5.69. The molecule has 0 amide bonds. The minimum Gasteiger partial charge on any atom is -0.258 e. The molecule has 0 aliphatic carbocycles. The zero-order valence-electron chi connectivity index (χ0n) is 12.0. The monoisotopic (exact) mass is 298 g/mol. The van der Waals surface area contributed by atoms with Crippen LogP contribution in [0.15, 0.2) is 60.7 Å². The molecule has 0 aliphatic heterocycles. The number of hydrogen-bond acceptors (Lipinski definition) is 3. The summed E-state index contributed by atoms with van der Waals surface area (Å²) in [5, 5.41) is 17.1. The fourth-order valence-corrected chi connectivity index (χ4v) is 3.52. The third-order valence-corrected chi connectivity index (χ3v) is 4.50. The van der Waals surface area contributed by atoms with Crippen molar-refractivity contribution < 1.29 is 4.92 Å². The van der Waals surface area contributed by atoms with Gasteiger partial charge in [0.2, 0.25) is 0 Å². The van der Waals surface area contributed by atoms with Gasteiger partial charge in [0.25, 0.3) is 5.69 Å². The number of nitro groups is 1. The second-order valence-corrected chi connectivity index (χ2v) is 5.69. The molecule has 23 heavy (non-hydrogen) atoms. The number of rotatable bonds is 1. The molecule has 108 valence electrons. The quantitative estimate of drug-likeness (QED) is 0.188. The van der Waals surface area contributed by atoms with Crippen LogP contribution in [-0.2, 0) is 0 Å². The maximum atomic E-state index is 11.3. The van der Waals surface area contributed by atoms with E-state index >= 15 is 0 Å². The van der Waals surface area contributed by atoms with Gasteiger partial charge in [0.15, 0.2) is 0 Å². The molecule has 0 N–H and O–H groups in total. The van der Waals surface area contributed by atoms with Crippen molar-refractivity contribution in [1.29, 1.82) is 0 Å². The molecule has 5 rings (SSSR count). The van der Waals surface area contributed by atoms with Crippen LogP contribution in [0, 0.1) is 10.1 Å². The van der Waals surface area contributed by atoms with E-state index in [1.807, 2.05) is 48.5 Å². The standard InChI is InChI=1S/C19H10N2O2/c22-21(23)17-10-6-11-5-7-13-12-3-1-2-4-15(12)20-16-9-8-14(17)18(11)19(13)16/h1-10H. The Morgan fingerprint density at radius 1 is 0.739 bits per heavy atom. The average Bonchev–Trinajstić information content (AvgIpc) is 2.58. The zero-order chi connectivity index (χ0) is 15.6. The smallest absolute Gasteiger partial charge is 0.258 e. The molecule has 0 aliphatic rings. The first kappa shape index (κ1) is 12.3. The molecule has 5 aromatic rings. The molecule has 0 saturated carbocycles. The third kappa shape index (κ3) is 1.52. The number of pyridine rings is 1. The lowest BCUT2D eigenvalue weighted by Gasteiger charge is -2.12. The Morgan fingerprint density at radius 3 is 2.39 bits per heavy atom. The van der Waals surface area contributed by atoms with Gasteiger partial charge in [-0.1, -0.05) is 30.3 Å². The van der Waals surface area contributed by atoms with Gasteiger partial charge in [-0.3, -0.25) is 10.1 Å². The summed E-state index contributed by atoms with van der Waals surface area (Å²) in [4.78, 5) is 15.8. The summed E-state index contributed by atoms with van der Waals surface area (Å²) in [6.07, 6.45) is 0. The molecule has 1 aromatic heterocycles. The van der Waals surface area contributed by atoms with E-state index in [1.165, 1.54) is 0 Å². The van der Waals surface area contributed by atoms with Crippen molar-refractivity contribution in [2.75, 3.05) is 0 Å². The molecule has 0 radical (unpaired) electrons. The number of fused-ring (bicyclic) bond motifs is 2. The number of aromatic nitrogens is 1. The van der Waals surface area contributed by atoms with Crippen LogP contribution in [0.3, 0.4) is 0 Å². The molecule has 0 atom stereocenters. The largest absolute Gasteiger partial charge is 0.277 e. The number of nitrogens with zero attached hydrogens (tertiary/aromatic N) is 2. The minimum absolute atomic E-state index is 0.139. The number of benzene rings is 4. The van der Waals surface area contributed by atoms with Crippen LogP contribution in [0.4, 0.5) is 5.69 Å². The average molecular weight is 298 g/mol. The first-order valence-corrected chi connectivity index (χ1v) is 7.35. The maximum absolute atomic E-state index is 11.3. The predicted molar refractivity (Wildman–Crippen MR) is 92.1 cm³/mol. The normalized spacial score (nSPS) is 11.8. The molecule has 1 heterocycles. The van der Waals surface area contributed by atoms with E-state index in [9.17, 15) is 10.1 Å². The van der Waals surface area contributed by atoms with Crippen molar-refractivity contribution in [3.63, 3.8) is 0 Å². The lowest BCUT2D eigenvalue weighted by Crippen LogP contribution is -1.93. The van der Waals surface area contributed by atoms with Gasteiger partial charge < -0.3 is 0 Å². The van der Waals surface area contributed by atoms with Crippen LogP contribution in [0.5, 0.6) is 0 Å². The fraction of sp³-hybridized carbons (Fsp3) is 0. The summed E-state index contributed by atoms with van der Waals surface area (Å²) < 4.78 is 0. The van der Waals surface area contributed by atoms with Gasteiger partial charge in [-0.2, -0.15) is 0 Å². The second kappa shape index (κ2) is 4.14. The number of hydrogen-bond donors (Lipinski definition) is 0. The van der Waals surface area contributed by atoms with Crippen LogP contribution in [0.1, 0.15) is 0 Å². The molecule has 0 bridgehead atoms. The molecule has 4 aromatic carbocycles. The van der Waals surface area contributed by atoms with Crippen molar-refractivity contribution in [2.45, 2.75) is 0 Å². The Labute approximate surface area is 130 Å². The van der Waals surface area contributed by atoms with Crippen LogP contribution in [-0.4, -0.2) is 9.91 Å². The van der Waals surface area contributed by atoms with Crippen LogP contribution < -0.4 is 0 Å². The van der Waals surface area contributed by atoms with E-state index in [-0.39, 0.29) is 10.6 Å². The van der Waals surface area contributed by atoms with Gasteiger partial charge in [0, 0.05) is 22.2 Å². The van der Waals surface area contributed by atoms with Crippen molar-refractivity contribution in [2.24, 2.45) is 0 Å². The zero-order valence-corrected chi connectivity index (χ0v) is 12.0. The molecular weight excluding hydrogens is 288 g/mol. The fourth-order valence-electron chi connectivity index (χ4n) is 3.52. The van der Waals surface area contributed by atoms with E-state index in [0.29, 0.717) is 5.39 Å². The molecule has 0 unspecified atom stereocenters. The van der Waals surface area contributed by atoms with Crippen molar-refractivity contribution in [3.05, 3.63) is 70.8 Å². The summed E-state index contributed by atoms with van der Waals surface area (Å²) in [5.41, 5.74) is 1.95. The van der Waals surface area contributed by atoms with E-state index in [1.54, 1.807) is 6.07 Å². The SMILES string of the molecule is O=[N+]([O-])c1ccc2ccc3c4ccccc4nc4ccc1c2c43. The first-order chi connectivity index (χ1) is 11.2. The lowest BCUT2D eigenvalue weighted by atomic mass is 9.94. The van der Waals surface area contributed by atoms with E-state index in [0.717, 1.165) is 38.0 Å². The molecule has 4 nitrogen and oxygen atoms in total. The van der Waals surface area contributed by atoms with Gasteiger partial charge in [-0.15, -0.1) is 0 Å². The third-order valence-electron chi connectivity index (χ3n) is 4.50. The number of para-hydroxylation sites is 1. The maximum Gasteiger partial charge on any atom is 0.277 e. The molecular formula is C19H10N2O2.